The third-order valence-corrected chi connectivity index (χ3v) is 6.39. The van der Waals surface area contributed by atoms with Crippen LogP contribution in [0.4, 0.5) is 11.4 Å². The molecular weight excluding hydrogens is 396 g/mol. The SMILES string of the molecule is CN(C)c1ccc(C2(c3ccc(N(C)C)cc3)C=Cc3c(-c4ncc[nH]4)n[nH]c3C2)cc1. The summed E-state index contributed by atoms with van der Waals surface area (Å²) < 4.78 is 0. The first-order chi connectivity index (χ1) is 15.5. The standard InChI is InChI=1S/C26H28N6/c1-31(2)20-9-5-18(6-10-20)26(19-7-11-21(12-8-19)32(3)4)14-13-22-23(17-26)29-30-24(22)25-27-15-16-28-25/h5-16H,17H2,1-4H3,(H,27,28)(H,29,30). The third-order valence-electron chi connectivity index (χ3n) is 6.39. The molecule has 2 aromatic carbocycles. The largest absolute Gasteiger partial charge is 0.378 e. The van der Waals surface area contributed by atoms with Gasteiger partial charge in [-0.25, -0.2) is 4.98 Å². The second kappa shape index (κ2) is 7.71. The Hall–Kier alpha value is -3.80. The zero-order valence-electron chi connectivity index (χ0n) is 18.9. The minimum absolute atomic E-state index is 0.282. The first kappa shape index (κ1) is 20.1. The minimum atomic E-state index is -0.282. The molecule has 0 saturated carbocycles. The highest BCUT2D eigenvalue weighted by molar-refractivity contribution is 5.74. The molecule has 2 heterocycles. The molecule has 0 spiro atoms. The van der Waals surface area contributed by atoms with Crippen LogP contribution in [-0.4, -0.2) is 48.4 Å². The van der Waals surface area contributed by atoms with Crippen LogP contribution in [0.2, 0.25) is 0 Å². The number of fused-ring (bicyclic) bond motifs is 1. The molecule has 2 aromatic heterocycles. The van der Waals surface area contributed by atoms with Crippen molar-refractivity contribution in [3.8, 4) is 11.5 Å². The second-order valence-electron chi connectivity index (χ2n) is 8.77. The van der Waals surface area contributed by atoms with Crippen molar-refractivity contribution in [3.05, 3.63) is 89.4 Å². The summed E-state index contributed by atoms with van der Waals surface area (Å²) in [6, 6.07) is 17.7. The Morgan fingerprint density at radius 3 is 1.94 bits per heavy atom. The van der Waals surface area contributed by atoms with Crippen molar-refractivity contribution < 1.29 is 0 Å². The molecule has 5 rings (SSSR count). The number of imidazole rings is 1. The zero-order valence-corrected chi connectivity index (χ0v) is 18.9. The number of nitrogens with one attached hydrogen (secondary N) is 2. The Kier molecular flexibility index (Phi) is 4.85. The number of H-pyrrole nitrogens is 2. The fourth-order valence-corrected chi connectivity index (χ4v) is 4.52. The summed E-state index contributed by atoms with van der Waals surface area (Å²) in [5.74, 6) is 0.783. The third kappa shape index (κ3) is 3.28. The van der Waals surface area contributed by atoms with Crippen molar-refractivity contribution >= 4 is 17.5 Å². The number of anilines is 2. The molecule has 1 aliphatic rings. The fourth-order valence-electron chi connectivity index (χ4n) is 4.52. The number of aromatic amines is 2. The maximum Gasteiger partial charge on any atom is 0.158 e. The van der Waals surface area contributed by atoms with Gasteiger partial charge in [-0.1, -0.05) is 36.4 Å². The average Bonchev–Trinajstić information content (AvgIpc) is 3.48. The monoisotopic (exact) mass is 424 g/mol. The lowest BCUT2D eigenvalue weighted by Gasteiger charge is -2.35. The molecule has 0 fully saturated rings. The van der Waals surface area contributed by atoms with Gasteiger partial charge in [0.25, 0.3) is 0 Å². The van der Waals surface area contributed by atoms with E-state index in [1.165, 1.54) is 22.5 Å². The van der Waals surface area contributed by atoms with E-state index in [0.29, 0.717) is 0 Å². The van der Waals surface area contributed by atoms with Crippen LogP contribution in [0.5, 0.6) is 0 Å². The molecule has 1 aliphatic carbocycles. The van der Waals surface area contributed by atoms with Crippen LogP contribution in [0.3, 0.4) is 0 Å². The van der Waals surface area contributed by atoms with E-state index in [0.717, 1.165) is 29.2 Å². The maximum absolute atomic E-state index is 4.58. The first-order valence-electron chi connectivity index (χ1n) is 10.8. The van der Waals surface area contributed by atoms with Gasteiger partial charge in [0.15, 0.2) is 5.82 Å². The summed E-state index contributed by atoms with van der Waals surface area (Å²) in [4.78, 5) is 11.8. The smallest absolute Gasteiger partial charge is 0.158 e. The molecule has 0 radical (unpaired) electrons. The molecule has 0 saturated heterocycles. The van der Waals surface area contributed by atoms with Gasteiger partial charge in [-0.2, -0.15) is 5.10 Å². The van der Waals surface area contributed by atoms with Crippen LogP contribution in [-0.2, 0) is 11.8 Å². The van der Waals surface area contributed by atoms with Crippen LogP contribution >= 0.6 is 0 Å². The summed E-state index contributed by atoms with van der Waals surface area (Å²) in [6.45, 7) is 0. The first-order valence-corrected chi connectivity index (χ1v) is 10.8. The summed E-state index contributed by atoms with van der Waals surface area (Å²) in [5.41, 5.74) is 7.70. The van der Waals surface area contributed by atoms with E-state index in [1.807, 2.05) is 6.20 Å². The highest BCUT2D eigenvalue weighted by atomic mass is 15.1. The molecule has 2 N–H and O–H groups in total. The number of nitrogens with zero attached hydrogens (tertiary/aromatic N) is 4. The average molecular weight is 425 g/mol. The van der Waals surface area contributed by atoms with Gasteiger partial charge < -0.3 is 14.8 Å². The number of allylic oxidation sites excluding steroid dienone is 1. The summed E-state index contributed by atoms with van der Waals surface area (Å²) in [7, 11) is 8.27. The van der Waals surface area contributed by atoms with Crippen molar-refractivity contribution in [3.63, 3.8) is 0 Å². The molecule has 4 aromatic rings. The Morgan fingerprint density at radius 2 is 1.44 bits per heavy atom. The molecule has 0 bridgehead atoms. The number of benzene rings is 2. The van der Waals surface area contributed by atoms with Crippen molar-refractivity contribution in [1.82, 2.24) is 20.2 Å². The van der Waals surface area contributed by atoms with Crippen molar-refractivity contribution in [1.29, 1.82) is 0 Å². The summed E-state index contributed by atoms with van der Waals surface area (Å²) in [6.07, 6.45) is 8.90. The van der Waals surface area contributed by atoms with E-state index in [1.54, 1.807) is 6.20 Å². The molecule has 0 aliphatic heterocycles. The van der Waals surface area contributed by atoms with Crippen LogP contribution in [0.25, 0.3) is 17.6 Å². The van der Waals surface area contributed by atoms with Gasteiger partial charge in [0, 0.05) is 75.1 Å². The van der Waals surface area contributed by atoms with Gasteiger partial charge in [-0.15, -0.1) is 0 Å². The Morgan fingerprint density at radius 1 is 0.844 bits per heavy atom. The number of rotatable bonds is 5. The molecule has 32 heavy (non-hydrogen) atoms. The lowest BCUT2D eigenvalue weighted by Crippen LogP contribution is -2.30. The van der Waals surface area contributed by atoms with Gasteiger partial charge >= 0.3 is 0 Å². The van der Waals surface area contributed by atoms with Gasteiger partial charge in [0.05, 0.1) is 0 Å². The Balaban J connectivity index is 1.62. The summed E-state index contributed by atoms with van der Waals surface area (Å²) >= 11 is 0. The molecule has 162 valence electrons. The predicted octanol–water partition coefficient (Wildman–Crippen LogP) is 4.49. The van der Waals surface area contributed by atoms with Gasteiger partial charge in [0.1, 0.15) is 5.69 Å². The molecular formula is C26H28N6. The molecule has 6 heteroatoms. The molecule has 0 atom stereocenters. The lowest BCUT2D eigenvalue weighted by molar-refractivity contribution is 0.620. The van der Waals surface area contributed by atoms with Crippen molar-refractivity contribution in [2.75, 3.05) is 38.0 Å². The van der Waals surface area contributed by atoms with Crippen LogP contribution in [0.1, 0.15) is 22.4 Å². The van der Waals surface area contributed by atoms with E-state index in [4.69, 9.17) is 0 Å². The highest BCUT2D eigenvalue weighted by Gasteiger charge is 2.37. The molecule has 0 unspecified atom stereocenters. The Labute approximate surface area is 188 Å². The highest BCUT2D eigenvalue weighted by Crippen LogP contribution is 2.43. The summed E-state index contributed by atoms with van der Waals surface area (Å²) in [5, 5.41) is 7.87. The second-order valence-corrected chi connectivity index (χ2v) is 8.77. The van der Waals surface area contributed by atoms with Crippen molar-refractivity contribution in [2.24, 2.45) is 0 Å². The maximum atomic E-state index is 4.58. The van der Waals surface area contributed by atoms with Gasteiger partial charge in [0.2, 0.25) is 0 Å². The Bertz CT molecular complexity index is 1180. The fraction of sp³-hybridized carbons (Fsp3) is 0.231. The van der Waals surface area contributed by atoms with E-state index in [9.17, 15) is 0 Å². The van der Waals surface area contributed by atoms with Crippen molar-refractivity contribution in [2.45, 2.75) is 11.8 Å². The number of hydrogen-bond acceptors (Lipinski definition) is 4. The normalized spacial score (nSPS) is 14.2. The number of aromatic nitrogens is 4. The zero-order chi connectivity index (χ0) is 22.3. The van der Waals surface area contributed by atoms with E-state index in [-0.39, 0.29) is 5.41 Å². The molecule has 6 nitrogen and oxygen atoms in total. The minimum Gasteiger partial charge on any atom is -0.378 e. The molecule has 0 amide bonds. The lowest BCUT2D eigenvalue weighted by atomic mass is 9.68. The van der Waals surface area contributed by atoms with E-state index in [2.05, 4.69) is 119 Å². The van der Waals surface area contributed by atoms with Crippen LogP contribution in [0, 0.1) is 0 Å². The predicted molar refractivity (Wildman–Crippen MR) is 131 cm³/mol. The number of hydrogen-bond donors (Lipinski definition) is 2. The van der Waals surface area contributed by atoms with Crippen LogP contribution < -0.4 is 9.80 Å². The van der Waals surface area contributed by atoms with E-state index < -0.39 is 0 Å². The van der Waals surface area contributed by atoms with Crippen LogP contribution in [0.15, 0.2) is 67.0 Å². The quantitative estimate of drug-likeness (QED) is 0.496. The van der Waals surface area contributed by atoms with E-state index >= 15 is 0 Å². The van der Waals surface area contributed by atoms with Gasteiger partial charge in [-0.05, 0) is 35.4 Å². The topological polar surface area (TPSA) is 63.8 Å². The van der Waals surface area contributed by atoms with Gasteiger partial charge in [-0.3, -0.25) is 5.10 Å².